The van der Waals surface area contributed by atoms with Gasteiger partial charge in [0.05, 0.1) is 11.8 Å². The molecule has 122 valence electrons. The number of carbonyl (C=O) groups is 2. The maximum Gasteiger partial charge on any atom is 0.365 e. The topological polar surface area (TPSA) is 86.2 Å². The molecule has 0 unspecified atom stereocenters. The fourth-order valence-corrected chi connectivity index (χ4v) is 2.29. The van der Waals surface area contributed by atoms with E-state index in [4.69, 9.17) is 4.52 Å². The molecule has 0 aliphatic heterocycles. The van der Waals surface area contributed by atoms with Crippen LogP contribution < -0.4 is 10.9 Å². The van der Waals surface area contributed by atoms with Gasteiger partial charge in [-0.3, -0.25) is 9.59 Å². The van der Waals surface area contributed by atoms with Crippen LogP contribution in [0, 0.1) is 0 Å². The Morgan fingerprint density at radius 2 is 1.96 bits per heavy atom. The van der Waals surface area contributed by atoms with Crippen LogP contribution >= 0.6 is 0 Å². The molecule has 0 bridgehead atoms. The zero-order chi connectivity index (χ0) is 17.1. The van der Waals surface area contributed by atoms with E-state index in [1.807, 2.05) is 16.7 Å². The molecule has 0 saturated heterocycles. The van der Waals surface area contributed by atoms with E-state index in [-0.39, 0.29) is 12.6 Å². The largest absolute Gasteiger partial charge is 0.365 e. The van der Waals surface area contributed by atoms with Crippen molar-refractivity contribution >= 4 is 12.2 Å². The minimum atomic E-state index is -0.475. The fraction of sp³-hybridized carbons (Fsp3) is 0.118. The SMILES string of the molecule is CC(=O)NCn1cc(-c2ccc(-n3ccc(C=O)c3)cc2)c(=O)o1. The lowest BCUT2D eigenvalue weighted by Crippen LogP contribution is -2.22. The number of nitrogens with one attached hydrogen (secondary N) is 1. The summed E-state index contributed by atoms with van der Waals surface area (Å²) in [6.07, 6.45) is 5.85. The van der Waals surface area contributed by atoms with Gasteiger partial charge >= 0.3 is 5.63 Å². The predicted octanol–water partition coefficient (Wildman–Crippen LogP) is 1.81. The molecule has 1 amide bonds. The van der Waals surface area contributed by atoms with E-state index < -0.39 is 5.63 Å². The van der Waals surface area contributed by atoms with Crippen LogP contribution in [0.5, 0.6) is 0 Å². The maximum atomic E-state index is 11.9. The van der Waals surface area contributed by atoms with Gasteiger partial charge in [0.25, 0.3) is 0 Å². The minimum absolute atomic E-state index is 0.0977. The van der Waals surface area contributed by atoms with Crippen molar-refractivity contribution in [2.45, 2.75) is 13.6 Å². The van der Waals surface area contributed by atoms with E-state index >= 15 is 0 Å². The lowest BCUT2D eigenvalue weighted by molar-refractivity contribution is -0.119. The summed E-state index contributed by atoms with van der Waals surface area (Å²) in [6.45, 7) is 1.49. The lowest BCUT2D eigenvalue weighted by Gasteiger charge is -2.03. The third kappa shape index (κ3) is 3.19. The highest BCUT2D eigenvalue weighted by molar-refractivity contribution is 5.74. The highest BCUT2D eigenvalue weighted by Gasteiger charge is 2.10. The molecule has 24 heavy (non-hydrogen) atoms. The van der Waals surface area contributed by atoms with Gasteiger partial charge in [-0.15, -0.1) is 0 Å². The highest BCUT2D eigenvalue weighted by Crippen LogP contribution is 2.19. The summed E-state index contributed by atoms with van der Waals surface area (Å²) in [6, 6.07) is 9.00. The van der Waals surface area contributed by atoms with Gasteiger partial charge in [-0.25, -0.2) is 4.79 Å². The summed E-state index contributed by atoms with van der Waals surface area (Å²) >= 11 is 0. The number of aldehydes is 1. The first kappa shape index (κ1) is 15.5. The number of amides is 1. The number of rotatable bonds is 5. The van der Waals surface area contributed by atoms with Crippen molar-refractivity contribution in [1.29, 1.82) is 0 Å². The van der Waals surface area contributed by atoms with Crippen molar-refractivity contribution in [2.24, 2.45) is 0 Å². The van der Waals surface area contributed by atoms with Crippen LogP contribution in [0.1, 0.15) is 17.3 Å². The lowest BCUT2D eigenvalue weighted by atomic mass is 10.1. The molecule has 3 rings (SSSR count). The van der Waals surface area contributed by atoms with E-state index in [1.165, 1.54) is 11.7 Å². The molecule has 0 aliphatic carbocycles. The van der Waals surface area contributed by atoms with Gasteiger partial charge in [-0.1, -0.05) is 12.1 Å². The van der Waals surface area contributed by atoms with E-state index in [2.05, 4.69) is 5.32 Å². The minimum Gasteiger partial charge on any atom is -0.336 e. The van der Waals surface area contributed by atoms with Crippen molar-refractivity contribution < 1.29 is 14.1 Å². The second kappa shape index (κ2) is 6.41. The molecule has 0 atom stereocenters. The van der Waals surface area contributed by atoms with Gasteiger partial charge < -0.3 is 14.4 Å². The van der Waals surface area contributed by atoms with E-state index in [0.29, 0.717) is 16.7 Å². The Hall–Kier alpha value is -3.35. The highest BCUT2D eigenvalue weighted by atomic mass is 16.5. The van der Waals surface area contributed by atoms with Crippen LogP contribution in [0.15, 0.2) is 58.2 Å². The third-order valence-corrected chi connectivity index (χ3v) is 3.51. The molecule has 0 spiro atoms. The number of nitrogens with zero attached hydrogens (tertiary/aromatic N) is 2. The summed E-state index contributed by atoms with van der Waals surface area (Å²) < 4.78 is 8.15. The quantitative estimate of drug-likeness (QED) is 0.725. The first-order valence-electron chi connectivity index (χ1n) is 7.26. The molecule has 0 aliphatic rings. The second-order valence-electron chi connectivity index (χ2n) is 5.25. The summed E-state index contributed by atoms with van der Waals surface area (Å²) in [7, 11) is 0. The molecule has 2 aromatic heterocycles. The molecule has 0 radical (unpaired) electrons. The Kier molecular flexibility index (Phi) is 4.15. The molecule has 1 aromatic carbocycles. The van der Waals surface area contributed by atoms with Gasteiger partial charge in [0.15, 0.2) is 6.29 Å². The standard InChI is InChI=1S/C17H15N3O4/c1-12(22)18-11-20-9-16(17(23)24-20)14-2-4-15(5-3-14)19-7-6-13(8-19)10-21/h2-10H,11H2,1H3,(H,18,22). The van der Waals surface area contributed by atoms with Crippen molar-refractivity contribution in [1.82, 2.24) is 14.6 Å². The van der Waals surface area contributed by atoms with Gasteiger partial charge in [0, 0.05) is 30.6 Å². The van der Waals surface area contributed by atoms with Crippen LogP contribution in [-0.4, -0.2) is 21.5 Å². The van der Waals surface area contributed by atoms with E-state index in [1.54, 1.807) is 36.8 Å². The number of carbonyl (C=O) groups excluding carboxylic acids is 2. The second-order valence-corrected chi connectivity index (χ2v) is 5.25. The van der Waals surface area contributed by atoms with E-state index in [9.17, 15) is 14.4 Å². The maximum absolute atomic E-state index is 11.9. The molecule has 2 heterocycles. The molecule has 3 aromatic rings. The van der Waals surface area contributed by atoms with Crippen molar-refractivity contribution in [3.05, 3.63) is 64.9 Å². The van der Waals surface area contributed by atoms with Gasteiger partial charge in [-0.05, 0) is 23.8 Å². The van der Waals surface area contributed by atoms with Gasteiger partial charge in [0.1, 0.15) is 6.67 Å². The predicted molar refractivity (Wildman–Crippen MR) is 86.9 cm³/mol. The Morgan fingerprint density at radius 3 is 2.58 bits per heavy atom. The number of hydrogen-bond acceptors (Lipinski definition) is 4. The summed E-state index contributed by atoms with van der Waals surface area (Å²) in [5.74, 6) is -0.210. The Labute approximate surface area is 137 Å². The number of hydrogen-bond donors (Lipinski definition) is 1. The molecule has 0 fully saturated rings. The van der Waals surface area contributed by atoms with Crippen molar-refractivity contribution in [3.63, 3.8) is 0 Å². The molecular formula is C17H15N3O4. The van der Waals surface area contributed by atoms with Crippen LogP contribution in [0.25, 0.3) is 16.8 Å². The third-order valence-electron chi connectivity index (χ3n) is 3.51. The Bertz CT molecular complexity index is 931. The average molecular weight is 325 g/mol. The zero-order valence-corrected chi connectivity index (χ0v) is 12.9. The van der Waals surface area contributed by atoms with Crippen LogP contribution in [0.3, 0.4) is 0 Å². The molecular weight excluding hydrogens is 310 g/mol. The van der Waals surface area contributed by atoms with Crippen LogP contribution in [0.2, 0.25) is 0 Å². The van der Waals surface area contributed by atoms with E-state index in [0.717, 1.165) is 12.0 Å². The zero-order valence-electron chi connectivity index (χ0n) is 12.9. The van der Waals surface area contributed by atoms with Crippen molar-refractivity contribution in [2.75, 3.05) is 0 Å². The Morgan fingerprint density at radius 1 is 1.21 bits per heavy atom. The summed E-state index contributed by atoms with van der Waals surface area (Å²) in [5, 5.41) is 2.55. The fourth-order valence-electron chi connectivity index (χ4n) is 2.29. The first-order chi connectivity index (χ1) is 11.6. The summed E-state index contributed by atoms with van der Waals surface area (Å²) in [5.41, 5.74) is 2.10. The molecule has 7 heteroatoms. The smallest absolute Gasteiger partial charge is 0.336 e. The van der Waals surface area contributed by atoms with Gasteiger partial charge in [0.2, 0.25) is 5.91 Å². The monoisotopic (exact) mass is 325 g/mol. The molecule has 7 nitrogen and oxygen atoms in total. The van der Waals surface area contributed by atoms with Crippen molar-refractivity contribution in [3.8, 4) is 16.8 Å². The summed E-state index contributed by atoms with van der Waals surface area (Å²) in [4.78, 5) is 33.6. The average Bonchev–Trinajstić information content (AvgIpc) is 3.19. The molecule has 0 saturated carbocycles. The van der Waals surface area contributed by atoms with Crippen LogP contribution in [-0.2, 0) is 11.5 Å². The Balaban J connectivity index is 1.84. The molecule has 1 N–H and O–H groups in total. The van der Waals surface area contributed by atoms with Gasteiger partial charge in [-0.2, -0.15) is 4.74 Å². The first-order valence-corrected chi connectivity index (χ1v) is 7.26. The normalized spacial score (nSPS) is 10.5. The van der Waals surface area contributed by atoms with Crippen LogP contribution in [0.4, 0.5) is 0 Å². The number of aromatic nitrogens is 2. The number of benzene rings is 1.